The first kappa shape index (κ1) is 9.73. The van der Waals surface area contributed by atoms with E-state index in [1.807, 2.05) is 19.9 Å². The van der Waals surface area contributed by atoms with Gasteiger partial charge in [0.05, 0.1) is 11.6 Å². The molecule has 0 aliphatic heterocycles. The first-order valence-corrected chi connectivity index (χ1v) is 4.26. The van der Waals surface area contributed by atoms with Crippen LogP contribution in [0.25, 0.3) is 0 Å². The number of hydrogen-bond acceptors (Lipinski definition) is 1. The molecule has 13 heavy (non-hydrogen) atoms. The van der Waals surface area contributed by atoms with E-state index < -0.39 is 0 Å². The highest BCUT2D eigenvalue weighted by atomic mass is 19.1. The van der Waals surface area contributed by atoms with E-state index in [9.17, 15) is 4.39 Å². The van der Waals surface area contributed by atoms with Crippen molar-refractivity contribution in [1.29, 1.82) is 5.26 Å². The Morgan fingerprint density at radius 1 is 1.38 bits per heavy atom. The summed E-state index contributed by atoms with van der Waals surface area (Å²) in [5.41, 5.74) is 1.75. The molecule has 1 rings (SSSR count). The van der Waals surface area contributed by atoms with Gasteiger partial charge in [-0.05, 0) is 30.5 Å². The van der Waals surface area contributed by atoms with Crippen LogP contribution in [0.1, 0.15) is 36.5 Å². The first-order chi connectivity index (χ1) is 6.06. The highest BCUT2D eigenvalue weighted by Gasteiger charge is 2.08. The van der Waals surface area contributed by atoms with Crippen molar-refractivity contribution in [3.63, 3.8) is 0 Å². The topological polar surface area (TPSA) is 23.8 Å². The molecule has 0 aromatic heterocycles. The molecule has 0 bridgehead atoms. The van der Waals surface area contributed by atoms with Gasteiger partial charge in [0.15, 0.2) is 0 Å². The number of hydrogen-bond donors (Lipinski definition) is 0. The molecule has 68 valence electrons. The van der Waals surface area contributed by atoms with Crippen LogP contribution >= 0.6 is 0 Å². The molecule has 1 aromatic rings. The van der Waals surface area contributed by atoms with E-state index in [2.05, 4.69) is 0 Å². The van der Waals surface area contributed by atoms with Gasteiger partial charge < -0.3 is 0 Å². The van der Waals surface area contributed by atoms with Gasteiger partial charge in [-0.25, -0.2) is 4.39 Å². The molecular weight excluding hydrogens is 165 g/mol. The summed E-state index contributed by atoms with van der Waals surface area (Å²) < 4.78 is 13.2. The number of benzene rings is 1. The average molecular weight is 177 g/mol. The molecule has 0 saturated carbocycles. The fourth-order valence-electron chi connectivity index (χ4n) is 1.15. The molecule has 0 atom stereocenters. The normalized spacial score (nSPS) is 10.2. The predicted molar refractivity (Wildman–Crippen MR) is 49.9 cm³/mol. The Balaban J connectivity index is 3.32. The molecule has 2 heteroatoms. The third-order valence-electron chi connectivity index (χ3n) is 2.15. The Labute approximate surface area is 77.8 Å². The Morgan fingerprint density at radius 2 is 2.00 bits per heavy atom. The SMILES string of the molecule is Cc1c(F)cc(C(C)C)cc1C#N. The van der Waals surface area contributed by atoms with Gasteiger partial charge in [-0.2, -0.15) is 5.26 Å². The third-order valence-corrected chi connectivity index (χ3v) is 2.15. The van der Waals surface area contributed by atoms with Crippen molar-refractivity contribution < 1.29 is 4.39 Å². The standard InChI is InChI=1S/C11H12FN/c1-7(2)9-4-10(6-13)8(3)11(12)5-9/h4-5,7H,1-3H3. The Bertz CT molecular complexity index is 361. The van der Waals surface area contributed by atoms with Gasteiger partial charge in [0, 0.05) is 5.56 Å². The van der Waals surface area contributed by atoms with Crippen LogP contribution in [0.4, 0.5) is 4.39 Å². The Morgan fingerprint density at radius 3 is 2.46 bits per heavy atom. The summed E-state index contributed by atoms with van der Waals surface area (Å²) in [4.78, 5) is 0. The summed E-state index contributed by atoms with van der Waals surface area (Å²) in [5.74, 6) is -0.0371. The van der Waals surface area contributed by atoms with Crippen LogP contribution in [0.15, 0.2) is 12.1 Å². The van der Waals surface area contributed by atoms with Crippen LogP contribution in [0.5, 0.6) is 0 Å². The van der Waals surface area contributed by atoms with E-state index in [1.165, 1.54) is 6.07 Å². The fourth-order valence-corrected chi connectivity index (χ4v) is 1.15. The molecule has 0 fully saturated rings. The summed E-state index contributed by atoms with van der Waals surface area (Å²) in [7, 11) is 0. The lowest BCUT2D eigenvalue weighted by Gasteiger charge is -2.07. The Hall–Kier alpha value is -1.36. The van der Waals surface area contributed by atoms with Gasteiger partial charge in [0.2, 0.25) is 0 Å². The van der Waals surface area contributed by atoms with Crippen molar-refractivity contribution in [2.24, 2.45) is 0 Å². The summed E-state index contributed by atoms with van der Waals surface area (Å²) in [6.45, 7) is 5.58. The molecule has 0 aliphatic rings. The maximum absolute atomic E-state index is 13.2. The highest BCUT2D eigenvalue weighted by Crippen LogP contribution is 2.20. The first-order valence-electron chi connectivity index (χ1n) is 4.26. The van der Waals surface area contributed by atoms with Crippen molar-refractivity contribution in [1.82, 2.24) is 0 Å². The second-order valence-electron chi connectivity index (χ2n) is 3.44. The van der Waals surface area contributed by atoms with Gasteiger partial charge in [-0.1, -0.05) is 13.8 Å². The third kappa shape index (κ3) is 1.86. The molecular formula is C11H12FN. The summed E-state index contributed by atoms with van der Waals surface area (Å²) >= 11 is 0. The zero-order valence-electron chi connectivity index (χ0n) is 8.06. The Kier molecular flexibility index (Phi) is 2.67. The minimum atomic E-state index is -0.289. The van der Waals surface area contributed by atoms with Crippen molar-refractivity contribution >= 4 is 0 Å². The van der Waals surface area contributed by atoms with Gasteiger partial charge in [0.1, 0.15) is 5.82 Å². The molecule has 0 unspecified atom stereocenters. The summed E-state index contributed by atoms with van der Waals surface area (Å²) in [6.07, 6.45) is 0. The number of nitriles is 1. The van der Waals surface area contributed by atoms with Crippen LogP contribution in [0.3, 0.4) is 0 Å². The number of rotatable bonds is 1. The summed E-state index contributed by atoms with van der Waals surface area (Å²) in [6, 6.07) is 5.25. The molecule has 0 N–H and O–H groups in total. The predicted octanol–water partition coefficient (Wildman–Crippen LogP) is 3.13. The summed E-state index contributed by atoms with van der Waals surface area (Å²) in [5, 5.41) is 8.73. The zero-order valence-corrected chi connectivity index (χ0v) is 8.06. The van der Waals surface area contributed by atoms with Crippen molar-refractivity contribution in [2.45, 2.75) is 26.7 Å². The van der Waals surface area contributed by atoms with E-state index in [0.717, 1.165) is 5.56 Å². The van der Waals surface area contributed by atoms with Crippen LogP contribution in [-0.4, -0.2) is 0 Å². The maximum Gasteiger partial charge on any atom is 0.127 e. The second-order valence-corrected chi connectivity index (χ2v) is 3.44. The number of nitrogens with zero attached hydrogens (tertiary/aromatic N) is 1. The lowest BCUT2D eigenvalue weighted by molar-refractivity contribution is 0.613. The molecule has 0 spiro atoms. The smallest absolute Gasteiger partial charge is 0.127 e. The van der Waals surface area contributed by atoms with Gasteiger partial charge >= 0.3 is 0 Å². The van der Waals surface area contributed by atoms with E-state index in [0.29, 0.717) is 11.1 Å². The van der Waals surface area contributed by atoms with Crippen LogP contribution in [0, 0.1) is 24.1 Å². The number of halogens is 1. The molecule has 0 amide bonds. The van der Waals surface area contributed by atoms with E-state index >= 15 is 0 Å². The quantitative estimate of drug-likeness (QED) is 0.646. The maximum atomic E-state index is 13.2. The van der Waals surface area contributed by atoms with Crippen molar-refractivity contribution in [3.8, 4) is 6.07 Å². The lowest BCUT2D eigenvalue weighted by atomic mass is 9.98. The van der Waals surface area contributed by atoms with E-state index in [4.69, 9.17) is 5.26 Å². The largest absolute Gasteiger partial charge is 0.207 e. The molecule has 0 heterocycles. The van der Waals surface area contributed by atoms with Gasteiger partial charge in [-0.15, -0.1) is 0 Å². The van der Waals surface area contributed by atoms with Crippen molar-refractivity contribution in [2.75, 3.05) is 0 Å². The lowest BCUT2D eigenvalue weighted by Crippen LogP contribution is -1.95. The van der Waals surface area contributed by atoms with Gasteiger partial charge in [0.25, 0.3) is 0 Å². The van der Waals surface area contributed by atoms with E-state index in [1.54, 1.807) is 13.0 Å². The zero-order chi connectivity index (χ0) is 10.0. The minimum absolute atomic E-state index is 0.252. The second kappa shape index (κ2) is 3.57. The molecule has 0 radical (unpaired) electrons. The van der Waals surface area contributed by atoms with Gasteiger partial charge in [-0.3, -0.25) is 0 Å². The minimum Gasteiger partial charge on any atom is -0.207 e. The molecule has 1 nitrogen and oxygen atoms in total. The molecule has 0 saturated heterocycles. The van der Waals surface area contributed by atoms with E-state index in [-0.39, 0.29) is 11.7 Å². The van der Waals surface area contributed by atoms with Crippen LogP contribution in [-0.2, 0) is 0 Å². The molecule has 0 aliphatic carbocycles. The molecule has 1 aromatic carbocycles. The average Bonchev–Trinajstić information content (AvgIpc) is 2.09. The van der Waals surface area contributed by atoms with Crippen molar-refractivity contribution in [3.05, 3.63) is 34.6 Å². The highest BCUT2D eigenvalue weighted by molar-refractivity contribution is 5.41. The monoisotopic (exact) mass is 177 g/mol. The van der Waals surface area contributed by atoms with Crippen LogP contribution in [0.2, 0.25) is 0 Å². The van der Waals surface area contributed by atoms with Crippen LogP contribution < -0.4 is 0 Å². The fraction of sp³-hybridized carbons (Fsp3) is 0.364.